The summed E-state index contributed by atoms with van der Waals surface area (Å²) in [7, 11) is 0. The van der Waals surface area contributed by atoms with E-state index in [-0.39, 0.29) is 0 Å². The molecule has 0 saturated heterocycles. The molecule has 0 aromatic carbocycles. The molecule has 0 aliphatic heterocycles. The predicted molar refractivity (Wildman–Crippen MR) is 55.6 cm³/mol. The molecule has 0 bridgehead atoms. The van der Waals surface area contributed by atoms with E-state index in [0.717, 1.165) is 31.6 Å². The van der Waals surface area contributed by atoms with Gasteiger partial charge in [0.2, 0.25) is 0 Å². The van der Waals surface area contributed by atoms with Gasteiger partial charge in [-0.3, -0.25) is 4.98 Å². The monoisotopic (exact) mass is 176 g/mol. The summed E-state index contributed by atoms with van der Waals surface area (Å²) < 4.78 is 0. The predicted octanol–water partition coefficient (Wildman–Crippen LogP) is 1.79. The van der Waals surface area contributed by atoms with Crippen molar-refractivity contribution in [1.29, 1.82) is 0 Å². The first-order chi connectivity index (χ1) is 6.43. The van der Waals surface area contributed by atoms with Crippen LogP contribution >= 0.6 is 0 Å². The quantitative estimate of drug-likeness (QED) is 0.528. The maximum Gasteiger partial charge on any atom is 0.0416 e. The van der Waals surface area contributed by atoms with Gasteiger partial charge in [-0.1, -0.05) is 12.1 Å². The van der Waals surface area contributed by atoms with E-state index >= 15 is 0 Å². The van der Waals surface area contributed by atoms with Crippen molar-refractivity contribution in [3.63, 3.8) is 0 Å². The van der Waals surface area contributed by atoms with Crippen LogP contribution in [0.3, 0.4) is 0 Å². The SMILES string of the molecule is C=CCCNCCc1ccccn1. The van der Waals surface area contributed by atoms with Gasteiger partial charge in [0.15, 0.2) is 0 Å². The summed E-state index contributed by atoms with van der Waals surface area (Å²) >= 11 is 0. The minimum Gasteiger partial charge on any atom is -0.316 e. The molecule has 2 heteroatoms. The van der Waals surface area contributed by atoms with Gasteiger partial charge in [-0.2, -0.15) is 0 Å². The zero-order chi connectivity index (χ0) is 9.36. The van der Waals surface area contributed by atoms with Crippen molar-refractivity contribution in [3.05, 3.63) is 42.7 Å². The Morgan fingerprint density at radius 2 is 2.31 bits per heavy atom. The average Bonchev–Trinajstić information content (AvgIpc) is 2.19. The number of pyridine rings is 1. The fourth-order valence-electron chi connectivity index (χ4n) is 1.09. The minimum absolute atomic E-state index is 0.991. The fraction of sp³-hybridized carbons (Fsp3) is 0.364. The molecule has 0 saturated carbocycles. The summed E-state index contributed by atoms with van der Waals surface area (Å²) in [5.74, 6) is 0. The molecule has 70 valence electrons. The van der Waals surface area contributed by atoms with Crippen molar-refractivity contribution < 1.29 is 0 Å². The Hall–Kier alpha value is -1.15. The first-order valence-electron chi connectivity index (χ1n) is 4.65. The van der Waals surface area contributed by atoms with E-state index in [4.69, 9.17) is 0 Å². The second-order valence-corrected chi connectivity index (χ2v) is 2.90. The minimum atomic E-state index is 0.991. The molecule has 0 atom stereocenters. The van der Waals surface area contributed by atoms with E-state index in [1.165, 1.54) is 0 Å². The topological polar surface area (TPSA) is 24.9 Å². The lowest BCUT2D eigenvalue weighted by atomic mass is 10.3. The van der Waals surface area contributed by atoms with E-state index in [1.54, 1.807) is 0 Å². The van der Waals surface area contributed by atoms with Crippen molar-refractivity contribution >= 4 is 0 Å². The van der Waals surface area contributed by atoms with E-state index in [1.807, 2.05) is 24.4 Å². The second kappa shape index (κ2) is 6.38. The molecular weight excluding hydrogens is 160 g/mol. The second-order valence-electron chi connectivity index (χ2n) is 2.90. The number of nitrogens with one attached hydrogen (secondary N) is 1. The van der Waals surface area contributed by atoms with Gasteiger partial charge >= 0.3 is 0 Å². The van der Waals surface area contributed by atoms with E-state index in [0.29, 0.717) is 0 Å². The highest BCUT2D eigenvalue weighted by molar-refractivity contribution is 5.03. The van der Waals surface area contributed by atoms with Crippen LogP contribution in [0.1, 0.15) is 12.1 Å². The van der Waals surface area contributed by atoms with Crippen molar-refractivity contribution in [2.24, 2.45) is 0 Å². The lowest BCUT2D eigenvalue weighted by molar-refractivity contribution is 0.683. The normalized spacial score (nSPS) is 9.85. The van der Waals surface area contributed by atoms with Gasteiger partial charge in [0.1, 0.15) is 0 Å². The summed E-state index contributed by atoms with van der Waals surface area (Å²) in [5.41, 5.74) is 1.15. The Labute approximate surface area is 79.7 Å². The first-order valence-corrected chi connectivity index (χ1v) is 4.65. The zero-order valence-corrected chi connectivity index (χ0v) is 7.87. The van der Waals surface area contributed by atoms with Gasteiger partial charge < -0.3 is 5.32 Å². The van der Waals surface area contributed by atoms with E-state index < -0.39 is 0 Å². The summed E-state index contributed by atoms with van der Waals surface area (Å²) in [6, 6.07) is 6.01. The average molecular weight is 176 g/mol. The molecule has 0 amide bonds. The van der Waals surface area contributed by atoms with Crippen LogP contribution in [0.5, 0.6) is 0 Å². The third-order valence-corrected chi connectivity index (χ3v) is 1.81. The van der Waals surface area contributed by atoms with Gasteiger partial charge in [-0.05, 0) is 25.1 Å². The Morgan fingerprint density at radius 1 is 1.38 bits per heavy atom. The third kappa shape index (κ3) is 4.43. The maximum absolute atomic E-state index is 4.24. The van der Waals surface area contributed by atoms with E-state index in [9.17, 15) is 0 Å². The van der Waals surface area contributed by atoms with E-state index in [2.05, 4.69) is 22.9 Å². The van der Waals surface area contributed by atoms with Crippen LogP contribution in [-0.4, -0.2) is 18.1 Å². The molecule has 1 heterocycles. The highest BCUT2D eigenvalue weighted by atomic mass is 14.8. The van der Waals surface area contributed by atoms with Crippen molar-refractivity contribution in [2.75, 3.05) is 13.1 Å². The van der Waals surface area contributed by atoms with Crippen molar-refractivity contribution in [1.82, 2.24) is 10.3 Å². The van der Waals surface area contributed by atoms with Gasteiger partial charge in [0, 0.05) is 24.9 Å². The molecule has 0 spiro atoms. The smallest absolute Gasteiger partial charge is 0.0416 e. The highest BCUT2D eigenvalue weighted by Crippen LogP contribution is 1.92. The molecule has 1 rings (SSSR count). The standard InChI is InChI=1S/C11H16N2/c1-2-3-8-12-10-7-11-6-4-5-9-13-11/h2,4-6,9,12H,1,3,7-8,10H2. The molecule has 1 aromatic rings. The first kappa shape index (κ1) is 9.93. The van der Waals surface area contributed by atoms with Crippen LogP contribution in [-0.2, 0) is 6.42 Å². The lowest BCUT2D eigenvalue weighted by Gasteiger charge is -2.01. The maximum atomic E-state index is 4.24. The Morgan fingerprint density at radius 3 is 3.00 bits per heavy atom. The van der Waals surface area contributed by atoms with Gasteiger partial charge in [0.25, 0.3) is 0 Å². The summed E-state index contributed by atoms with van der Waals surface area (Å²) in [5, 5.41) is 3.32. The summed E-state index contributed by atoms with van der Waals surface area (Å²) in [6.45, 7) is 5.67. The third-order valence-electron chi connectivity index (χ3n) is 1.81. The Balaban J connectivity index is 2.10. The molecule has 13 heavy (non-hydrogen) atoms. The van der Waals surface area contributed by atoms with Crippen LogP contribution in [0.4, 0.5) is 0 Å². The Bertz CT molecular complexity index is 231. The molecule has 0 fully saturated rings. The van der Waals surface area contributed by atoms with Crippen LogP contribution < -0.4 is 5.32 Å². The number of rotatable bonds is 6. The Kier molecular flexibility index (Phi) is 4.87. The lowest BCUT2D eigenvalue weighted by Crippen LogP contribution is -2.18. The number of aromatic nitrogens is 1. The molecule has 0 unspecified atom stereocenters. The molecule has 0 aliphatic carbocycles. The van der Waals surface area contributed by atoms with Gasteiger partial charge in [-0.25, -0.2) is 0 Å². The molecular formula is C11H16N2. The molecule has 0 aliphatic rings. The zero-order valence-electron chi connectivity index (χ0n) is 7.87. The molecule has 2 nitrogen and oxygen atoms in total. The molecule has 1 N–H and O–H groups in total. The number of nitrogens with zero attached hydrogens (tertiary/aromatic N) is 1. The summed E-state index contributed by atoms with van der Waals surface area (Å²) in [4.78, 5) is 4.24. The fourth-order valence-corrected chi connectivity index (χ4v) is 1.09. The van der Waals surface area contributed by atoms with Crippen molar-refractivity contribution in [2.45, 2.75) is 12.8 Å². The number of hydrogen-bond acceptors (Lipinski definition) is 2. The van der Waals surface area contributed by atoms with Crippen LogP contribution in [0.25, 0.3) is 0 Å². The molecule has 1 aromatic heterocycles. The number of hydrogen-bond donors (Lipinski definition) is 1. The molecule has 0 radical (unpaired) electrons. The highest BCUT2D eigenvalue weighted by Gasteiger charge is 1.91. The van der Waals surface area contributed by atoms with Crippen LogP contribution in [0.2, 0.25) is 0 Å². The largest absolute Gasteiger partial charge is 0.316 e. The van der Waals surface area contributed by atoms with Gasteiger partial charge in [0.05, 0.1) is 0 Å². The van der Waals surface area contributed by atoms with Crippen LogP contribution in [0.15, 0.2) is 37.1 Å². The van der Waals surface area contributed by atoms with Crippen molar-refractivity contribution in [3.8, 4) is 0 Å². The summed E-state index contributed by atoms with van der Waals surface area (Å²) in [6.07, 6.45) is 5.78. The van der Waals surface area contributed by atoms with Crippen LogP contribution in [0, 0.1) is 0 Å². The van der Waals surface area contributed by atoms with Gasteiger partial charge in [-0.15, -0.1) is 6.58 Å².